The molecule has 2 aromatic rings. The van der Waals surface area contributed by atoms with Crippen molar-refractivity contribution in [2.45, 2.75) is 25.0 Å². The number of hydrogen-bond donors (Lipinski definition) is 1. The van der Waals surface area contributed by atoms with E-state index < -0.39 is 23.5 Å². The smallest absolute Gasteiger partial charge is 0.290 e. The van der Waals surface area contributed by atoms with Crippen LogP contribution in [0, 0.1) is 0 Å². The standard InChI is InChI=1S/C21H21NO6/c1-26-14-6-2-5-13(11-14)18-17(19(23)16-8-4-10-28-16)20(24)21(25)22(18)12-15-7-3-9-27-15/h2,4-6,8,10-11,15,18,24H,3,7,9,12H2,1H3/t15-,18-/m0/s1. The van der Waals surface area contributed by atoms with E-state index in [1.807, 2.05) is 0 Å². The Hall–Kier alpha value is -3.06. The number of aliphatic hydroxyl groups is 1. The topological polar surface area (TPSA) is 89.2 Å². The normalized spacial score (nSPS) is 22.2. The van der Waals surface area contributed by atoms with E-state index in [9.17, 15) is 14.7 Å². The third-order valence-corrected chi connectivity index (χ3v) is 5.13. The Bertz CT molecular complexity index is 911. The maximum Gasteiger partial charge on any atom is 0.290 e. The number of nitrogens with zero attached hydrogens (tertiary/aromatic N) is 1. The monoisotopic (exact) mass is 383 g/mol. The van der Waals surface area contributed by atoms with Gasteiger partial charge in [0.05, 0.1) is 31.1 Å². The van der Waals surface area contributed by atoms with Crippen LogP contribution in [0.4, 0.5) is 0 Å². The number of Topliss-reactive ketones (excluding diaryl/α,β-unsaturated/α-hetero) is 1. The van der Waals surface area contributed by atoms with Gasteiger partial charge in [-0.25, -0.2) is 0 Å². The highest BCUT2D eigenvalue weighted by atomic mass is 16.5. The molecule has 2 aliphatic rings. The first-order valence-electron chi connectivity index (χ1n) is 9.18. The molecule has 0 aliphatic carbocycles. The summed E-state index contributed by atoms with van der Waals surface area (Å²) in [6, 6.07) is 9.48. The second kappa shape index (κ2) is 7.52. The molecule has 0 bridgehead atoms. The molecule has 1 aromatic carbocycles. The van der Waals surface area contributed by atoms with Crippen molar-refractivity contribution in [1.29, 1.82) is 0 Å². The molecule has 1 fully saturated rings. The van der Waals surface area contributed by atoms with Crippen molar-refractivity contribution < 1.29 is 28.6 Å². The molecule has 0 saturated carbocycles. The molecule has 1 amide bonds. The highest BCUT2D eigenvalue weighted by molar-refractivity contribution is 6.15. The number of carbonyl (C=O) groups is 2. The van der Waals surface area contributed by atoms with Crippen LogP contribution >= 0.6 is 0 Å². The number of benzene rings is 1. The van der Waals surface area contributed by atoms with E-state index in [4.69, 9.17) is 13.9 Å². The lowest BCUT2D eigenvalue weighted by molar-refractivity contribution is -0.131. The SMILES string of the molecule is COc1cccc([C@H]2C(C(=O)c3ccco3)=C(O)C(=O)N2C[C@@H]2CCCO2)c1. The second-order valence-corrected chi connectivity index (χ2v) is 6.84. The molecule has 146 valence electrons. The predicted molar refractivity (Wildman–Crippen MR) is 99.1 cm³/mol. The Morgan fingerprint density at radius 3 is 2.86 bits per heavy atom. The third-order valence-electron chi connectivity index (χ3n) is 5.13. The van der Waals surface area contributed by atoms with Gasteiger partial charge >= 0.3 is 0 Å². The quantitative estimate of drug-likeness (QED) is 0.772. The van der Waals surface area contributed by atoms with E-state index >= 15 is 0 Å². The number of ketones is 1. The zero-order valence-electron chi connectivity index (χ0n) is 15.5. The van der Waals surface area contributed by atoms with Crippen LogP contribution in [0.1, 0.15) is 35.0 Å². The van der Waals surface area contributed by atoms with Gasteiger partial charge in [-0.15, -0.1) is 0 Å². The Kier molecular flexibility index (Phi) is 4.92. The number of hydrogen-bond acceptors (Lipinski definition) is 6. The Morgan fingerprint density at radius 1 is 1.32 bits per heavy atom. The average Bonchev–Trinajstić information content (AvgIpc) is 3.46. The molecule has 28 heavy (non-hydrogen) atoms. The number of carbonyl (C=O) groups excluding carboxylic acids is 2. The fourth-order valence-corrected chi connectivity index (χ4v) is 3.78. The van der Waals surface area contributed by atoms with Crippen LogP contribution < -0.4 is 4.74 Å². The summed E-state index contributed by atoms with van der Waals surface area (Å²) < 4.78 is 16.2. The molecule has 1 N–H and O–H groups in total. The van der Waals surface area contributed by atoms with Gasteiger partial charge in [-0.2, -0.15) is 0 Å². The van der Waals surface area contributed by atoms with Crippen LogP contribution in [0.15, 0.2) is 58.4 Å². The minimum Gasteiger partial charge on any atom is -0.503 e. The molecular formula is C21H21NO6. The molecule has 0 spiro atoms. The van der Waals surface area contributed by atoms with Crippen LogP contribution in [0.3, 0.4) is 0 Å². The highest BCUT2D eigenvalue weighted by Gasteiger charge is 2.45. The van der Waals surface area contributed by atoms with Crippen LogP contribution in [-0.4, -0.2) is 48.1 Å². The van der Waals surface area contributed by atoms with Crippen molar-refractivity contribution in [3.63, 3.8) is 0 Å². The summed E-state index contributed by atoms with van der Waals surface area (Å²) in [5.41, 5.74) is 0.677. The Balaban J connectivity index is 1.77. The molecule has 1 aromatic heterocycles. The molecule has 1 saturated heterocycles. The molecule has 2 atom stereocenters. The molecule has 7 nitrogen and oxygen atoms in total. The van der Waals surface area contributed by atoms with E-state index in [1.165, 1.54) is 17.2 Å². The third kappa shape index (κ3) is 3.18. The predicted octanol–water partition coefficient (Wildman–Crippen LogP) is 3.05. The zero-order valence-corrected chi connectivity index (χ0v) is 15.5. The zero-order chi connectivity index (χ0) is 19.7. The van der Waals surface area contributed by atoms with Crippen molar-refractivity contribution in [3.05, 3.63) is 65.3 Å². The second-order valence-electron chi connectivity index (χ2n) is 6.84. The van der Waals surface area contributed by atoms with Gasteiger partial charge < -0.3 is 23.9 Å². The van der Waals surface area contributed by atoms with E-state index in [-0.39, 0.29) is 17.4 Å². The van der Waals surface area contributed by atoms with Gasteiger partial charge in [0.2, 0.25) is 5.78 Å². The Morgan fingerprint density at radius 2 is 2.18 bits per heavy atom. The van der Waals surface area contributed by atoms with Crippen molar-refractivity contribution in [3.8, 4) is 5.75 Å². The lowest BCUT2D eigenvalue weighted by Crippen LogP contribution is -2.37. The van der Waals surface area contributed by atoms with Crippen LogP contribution in [0.5, 0.6) is 5.75 Å². The molecule has 0 radical (unpaired) electrons. The highest BCUT2D eigenvalue weighted by Crippen LogP contribution is 2.40. The summed E-state index contributed by atoms with van der Waals surface area (Å²) in [6.45, 7) is 0.938. The molecular weight excluding hydrogens is 362 g/mol. The molecule has 3 heterocycles. The molecule has 4 rings (SSSR count). The van der Waals surface area contributed by atoms with Crippen LogP contribution in [-0.2, 0) is 9.53 Å². The fraction of sp³-hybridized carbons (Fsp3) is 0.333. The van der Waals surface area contributed by atoms with E-state index in [0.717, 1.165) is 12.8 Å². The fourth-order valence-electron chi connectivity index (χ4n) is 3.78. The number of rotatable bonds is 6. The van der Waals surface area contributed by atoms with Gasteiger partial charge in [0.15, 0.2) is 11.5 Å². The summed E-state index contributed by atoms with van der Waals surface area (Å²) in [5, 5.41) is 10.6. The van der Waals surface area contributed by atoms with Gasteiger partial charge in [-0.05, 0) is 42.7 Å². The molecule has 7 heteroatoms. The average molecular weight is 383 g/mol. The molecule has 0 unspecified atom stereocenters. The van der Waals surface area contributed by atoms with Crippen molar-refractivity contribution in [2.75, 3.05) is 20.3 Å². The van der Waals surface area contributed by atoms with Gasteiger partial charge in [-0.3, -0.25) is 9.59 Å². The van der Waals surface area contributed by atoms with Gasteiger partial charge in [0.25, 0.3) is 5.91 Å². The molecule has 2 aliphatic heterocycles. The summed E-state index contributed by atoms with van der Waals surface area (Å²) in [7, 11) is 1.55. The van der Waals surface area contributed by atoms with Gasteiger partial charge in [0.1, 0.15) is 5.75 Å². The number of aliphatic hydroxyl groups excluding tert-OH is 1. The van der Waals surface area contributed by atoms with Crippen molar-refractivity contribution >= 4 is 11.7 Å². The van der Waals surface area contributed by atoms with E-state index in [0.29, 0.717) is 24.5 Å². The van der Waals surface area contributed by atoms with E-state index in [1.54, 1.807) is 37.4 Å². The largest absolute Gasteiger partial charge is 0.503 e. The summed E-state index contributed by atoms with van der Waals surface area (Å²) in [4.78, 5) is 27.4. The lowest BCUT2D eigenvalue weighted by Gasteiger charge is -2.29. The first-order valence-corrected chi connectivity index (χ1v) is 9.18. The summed E-state index contributed by atoms with van der Waals surface area (Å²) >= 11 is 0. The van der Waals surface area contributed by atoms with Gasteiger partial charge in [-0.1, -0.05) is 12.1 Å². The maximum atomic E-state index is 13.0. The van der Waals surface area contributed by atoms with Crippen molar-refractivity contribution in [2.24, 2.45) is 0 Å². The number of amides is 1. The number of ether oxygens (including phenoxy) is 2. The van der Waals surface area contributed by atoms with Gasteiger partial charge in [0, 0.05) is 13.2 Å². The minimum atomic E-state index is -0.746. The number of methoxy groups -OCH3 is 1. The summed E-state index contributed by atoms with van der Waals surface area (Å²) in [5.74, 6) is -0.983. The first-order chi connectivity index (χ1) is 13.6. The van der Waals surface area contributed by atoms with E-state index in [2.05, 4.69) is 0 Å². The summed E-state index contributed by atoms with van der Waals surface area (Å²) in [6.07, 6.45) is 3.01. The minimum absolute atomic E-state index is 0.00574. The lowest BCUT2D eigenvalue weighted by atomic mass is 9.94. The van der Waals surface area contributed by atoms with Crippen LogP contribution in [0.25, 0.3) is 0 Å². The maximum absolute atomic E-state index is 13.0. The Labute approximate surface area is 162 Å². The first kappa shape index (κ1) is 18.3. The van der Waals surface area contributed by atoms with Crippen LogP contribution in [0.2, 0.25) is 0 Å². The number of furan rings is 1. The van der Waals surface area contributed by atoms with Crippen molar-refractivity contribution in [1.82, 2.24) is 4.90 Å².